The average Bonchev–Trinajstić information content (AvgIpc) is 3.19. The van der Waals surface area contributed by atoms with E-state index < -0.39 is 21.6 Å². The molecule has 37 heavy (non-hydrogen) atoms. The first-order valence-electron chi connectivity index (χ1n) is 11.8. The maximum Gasteiger partial charge on any atom is 0.416 e. The van der Waals surface area contributed by atoms with E-state index in [1.165, 1.54) is 30.5 Å². The van der Waals surface area contributed by atoms with Gasteiger partial charge in [0, 0.05) is 32.1 Å². The molecule has 0 unspecified atom stereocenters. The fourth-order valence-electron chi connectivity index (χ4n) is 4.62. The summed E-state index contributed by atoms with van der Waals surface area (Å²) in [6.07, 6.45) is -1.72. The topological polar surface area (TPSA) is 79.4 Å². The van der Waals surface area contributed by atoms with E-state index in [0.717, 1.165) is 35.2 Å². The Balaban J connectivity index is 1.47. The van der Waals surface area contributed by atoms with Crippen molar-refractivity contribution in [3.63, 3.8) is 0 Å². The molecule has 6 nitrogen and oxygen atoms in total. The van der Waals surface area contributed by atoms with Crippen molar-refractivity contribution in [3.05, 3.63) is 94.3 Å². The summed E-state index contributed by atoms with van der Waals surface area (Å²) < 4.78 is 62.3. The number of sulfone groups is 1. The van der Waals surface area contributed by atoms with Crippen LogP contribution in [0.2, 0.25) is 0 Å². The summed E-state index contributed by atoms with van der Waals surface area (Å²) in [4.78, 5) is 19.8. The lowest BCUT2D eigenvalue weighted by atomic mass is 9.99. The van der Waals surface area contributed by atoms with Gasteiger partial charge in [-0.05, 0) is 52.9 Å². The van der Waals surface area contributed by atoms with Crippen LogP contribution in [0, 0.1) is 5.92 Å². The summed E-state index contributed by atoms with van der Waals surface area (Å²) in [6.45, 7) is 5.26. The fourth-order valence-corrected chi connectivity index (χ4v) is 5.32. The number of aromatic nitrogens is 1. The van der Waals surface area contributed by atoms with Gasteiger partial charge < -0.3 is 5.32 Å². The van der Waals surface area contributed by atoms with Crippen molar-refractivity contribution in [2.45, 2.75) is 50.6 Å². The molecule has 4 rings (SSSR count). The van der Waals surface area contributed by atoms with Crippen molar-refractivity contribution in [3.8, 4) is 0 Å². The van der Waals surface area contributed by atoms with Crippen LogP contribution >= 0.6 is 0 Å². The van der Waals surface area contributed by atoms with Crippen molar-refractivity contribution in [2.75, 3.05) is 6.26 Å². The lowest BCUT2D eigenvalue weighted by molar-refractivity contribution is -0.137. The Hall–Kier alpha value is -3.24. The second kappa shape index (κ2) is 10.3. The maximum absolute atomic E-state index is 12.9. The number of alkyl halides is 3. The molecular weight excluding hydrogens is 503 g/mol. The van der Waals surface area contributed by atoms with Crippen LogP contribution < -0.4 is 5.32 Å². The van der Waals surface area contributed by atoms with Crippen LogP contribution in [0.3, 0.4) is 0 Å². The van der Waals surface area contributed by atoms with Gasteiger partial charge in [-0.1, -0.05) is 38.1 Å². The lowest BCUT2D eigenvalue weighted by Gasteiger charge is -2.27. The van der Waals surface area contributed by atoms with Crippen molar-refractivity contribution in [1.29, 1.82) is 0 Å². The number of amides is 1. The van der Waals surface area contributed by atoms with E-state index in [1.54, 1.807) is 18.2 Å². The molecule has 0 aliphatic carbocycles. The van der Waals surface area contributed by atoms with E-state index in [1.807, 2.05) is 0 Å². The highest BCUT2D eigenvalue weighted by atomic mass is 32.2. The minimum Gasteiger partial charge on any atom is -0.348 e. The molecular formula is C27H28F3N3O3S. The van der Waals surface area contributed by atoms with Crippen LogP contribution in [-0.2, 0) is 35.6 Å². The van der Waals surface area contributed by atoms with Crippen molar-refractivity contribution < 1.29 is 26.4 Å². The highest BCUT2D eigenvalue weighted by Gasteiger charge is 2.35. The zero-order chi connectivity index (χ0) is 27.0. The quantitative estimate of drug-likeness (QED) is 0.456. The molecule has 1 N–H and O–H groups in total. The van der Waals surface area contributed by atoms with E-state index in [2.05, 4.69) is 29.0 Å². The molecule has 0 bridgehead atoms. The van der Waals surface area contributed by atoms with Crippen molar-refractivity contribution in [2.24, 2.45) is 5.92 Å². The number of pyridine rings is 1. The number of hydrogen-bond acceptors (Lipinski definition) is 5. The van der Waals surface area contributed by atoms with Gasteiger partial charge in [-0.3, -0.25) is 14.7 Å². The highest BCUT2D eigenvalue weighted by Crippen LogP contribution is 2.39. The Morgan fingerprint density at radius 3 is 2.43 bits per heavy atom. The third kappa shape index (κ3) is 6.19. The molecule has 0 spiro atoms. The Morgan fingerprint density at radius 1 is 1.11 bits per heavy atom. The van der Waals surface area contributed by atoms with Gasteiger partial charge in [-0.25, -0.2) is 8.42 Å². The van der Waals surface area contributed by atoms with E-state index in [-0.39, 0.29) is 29.3 Å². The fraction of sp³-hybridized carbons (Fsp3) is 0.333. The first-order valence-corrected chi connectivity index (χ1v) is 13.7. The number of nitrogens with zero attached hydrogens (tertiary/aromatic N) is 2. The average molecular weight is 532 g/mol. The normalized spacial score (nSPS) is 16.1. The molecule has 0 saturated heterocycles. The largest absolute Gasteiger partial charge is 0.416 e. The second-order valence-electron chi connectivity index (χ2n) is 9.66. The third-order valence-corrected chi connectivity index (χ3v) is 7.50. The van der Waals surface area contributed by atoms with Crippen LogP contribution in [0.5, 0.6) is 0 Å². The van der Waals surface area contributed by atoms with Gasteiger partial charge in [0.2, 0.25) is 0 Å². The smallest absolute Gasteiger partial charge is 0.348 e. The third-order valence-electron chi connectivity index (χ3n) is 6.39. The van der Waals surface area contributed by atoms with E-state index in [9.17, 15) is 26.4 Å². The lowest BCUT2D eigenvalue weighted by Crippen LogP contribution is -2.25. The summed E-state index contributed by atoms with van der Waals surface area (Å²) in [5, 5.41) is 2.81. The number of rotatable bonds is 7. The van der Waals surface area contributed by atoms with Crippen molar-refractivity contribution in [1.82, 2.24) is 15.2 Å². The molecule has 0 fully saturated rings. The molecule has 1 aliphatic heterocycles. The molecule has 2 aromatic carbocycles. The molecule has 1 amide bonds. The highest BCUT2D eigenvalue weighted by molar-refractivity contribution is 7.90. The summed E-state index contributed by atoms with van der Waals surface area (Å²) in [5.74, 6) is -0.132. The van der Waals surface area contributed by atoms with Crippen LogP contribution in [-0.4, -0.2) is 30.5 Å². The van der Waals surface area contributed by atoms with Crippen LogP contribution in [0.15, 0.2) is 65.7 Å². The van der Waals surface area contributed by atoms with Gasteiger partial charge in [0.05, 0.1) is 27.8 Å². The molecule has 0 radical (unpaired) electrons. The minimum atomic E-state index is -4.37. The molecule has 3 aromatic rings. The standard InChI is InChI=1S/C27H28F3N3O3S/c1-17(2)25-24-21(16-33(25)15-18-7-9-22(10-8-18)27(28,29)30)12-20(14-31-24)26(34)32-13-19-5-4-6-23(11-19)37(3,35)36/h4-12,14,17,25H,13,15-16H2,1-3H3,(H,32,34)/t25-/m0/s1. The maximum atomic E-state index is 12.9. The van der Waals surface area contributed by atoms with E-state index >= 15 is 0 Å². The molecule has 196 valence electrons. The summed E-state index contributed by atoms with van der Waals surface area (Å²) >= 11 is 0. The van der Waals surface area contributed by atoms with Gasteiger partial charge >= 0.3 is 6.18 Å². The number of nitrogens with one attached hydrogen (secondary N) is 1. The summed E-state index contributed by atoms with van der Waals surface area (Å²) in [5.41, 5.74) is 2.89. The number of halogens is 3. The summed E-state index contributed by atoms with van der Waals surface area (Å²) in [6, 6.07) is 13.3. The van der Waals surface area contributed by atoms with Crippen LogP contribution in [0.1, 0.15) is 58.2 Å². The first kappa shape index (κ1) is 26.8. The predicted octanol–water partition coefficient (Wildman–Crippen LogP) is 5.15. The molecule has 1 atom stereocenters. The molecule has 0 saturated carbocycles. The number of carbonyl (C=O) groups excluding carboxylic acids is 1. The van der Waals surface area contributed by atoms with Gasteiger partial charge in [0.15, 0.2) is 9.84 Å². The Labute approximate surface area is 214 Å². The summed E-state index contributed by atoms with van der Waals surface area (Å²) in [7, 11) is -3.35. The van der Waals surface area contributed by atoms with Crippen LogP contribution in [0.4, 0.5) is 13.2 Å². The van der Waals surface area contributed by atoms with Gasteiger partial charge in [-0.2, -0.15) is 13.2 Å². The number of hydrogen-bond donors (Lipinski definition) is 1. The Morgan fingerprint density at radius 2 is 1.81 bits per heavy atom. The Bertz CT molecular complexity index is 1400. The molecule has 1 aromatic heterocycles. The minimum absolute atomic E-state index is 0.0341. The van der Waals surface area contributed by atoms with E-state index in [4.69, 9.17) is 0 Å². The monoisotopic (exact) mass is 531 g/mol. The van der Waals surface area contributed by atoms with Gasteiger partial charge in [0.25, 0.3) is 5.91 Å². The second-order valence-corrected chi connectivity index (χ2v) is 11.7. The predicted molar refractivity (Wildman–Crippen MR) is 133 cm³/mol. The van der Waals surface area contributed by atoms with Crippen molar-refractivity contribution >= 4 is 15.7 Å². The Kier molecular flexibility index (Phi) is 7.43. The molecule has 10 heteroatoms. The number of fused-ring (bicyclic) bond motifs is 1. The SMILES string of the molecule is CC(C)[C@H]1c2ncc(C(=O)NCc3cccc(S(C)(=O)=O)c3)cc2CN1Cc1ccc(C(F)(F)F)cc1. The van der Waals surface area contributed by atoms with E-state index in [0.29, 0.717) is 24.2 Å². The van der Waals surface area contributed by atoms with Gasteiger partial charge in [0.1, 0.15) is 0 Å². The zero-order valence-corrected chi connectivity index (χ0v) is 21.5. The number of carbonyl (C=O) groups is 1. The zero-order valence-electron chi connectivity index (χ0n) is 20.7. The van der Waals surface area contributed by atoms with Crippen LogP contribution in [0.25, 0.3) is 0 Å². The first-order chi connectivity index (χ1) is 17.3. The van der Waals surface area contributed by atoms with Gasteiger partial charge in [-0.15, -0.1) is 0 Å². The molecule has 2 heterocycles. The number of benzene rings is 2. The molecule has 1 aliphatic rings.